The smallest absolute Gasteiger partial charge is 0.102 e. The molecule has 0 fully saturated rings. The molecule has 1 heterocycles. The highest BCUT2D eigenvalue weighted by Crippen LogP contribution is 2.29. The SMILES string of the molecule is CC(C)=CCC/C(C)=C/CC/C(C)=C/COC(Cn1ccnc1)c1ccc(Cl)cc1Cl. The second-order valence-corrected chi connectivity index (χ2v) is 9.05. The first-order valence-corrected chi connectivity index (χ1v) is 11.6. The monoisotopic (exact) mass is 460 g/mol. The van der Waals surface area contributed by atoms with Gasteiger partial charge in [0.1, 0.15) is 6.10 Å². The predicted molar refractivity (Wildman–Crippen MR) is 133 cm³/mol. The molecule has 5 heteroatoms. The first-order valence-electron chi connectivity index (χ1n) is 10.8. The van der Waals surface area contributed by atoms with Crippen molar-refractivity contribution >= 4 is 23.2 Å². The number of hydrogen-bond donors (Lipinski definition) is 0. The van der Waals surface area contributed by atoms with Crippen LogP contribution in [0.2, 0.25) is 10.0 Å². The van der Waals surface area contributed by atoms with Crippen LogP contribution in [0.15, 0.2) is 71.9 Å². The molecule has 168 valence electrons. The molecule has 3 nitrogen and oxygen atoms in total. The van der Waals surface area contributed by atoms with Gasteiger partial charge in [0.2, 0.25) is 0 Å². The van der Waals surface area contributed by atoms with E-state index >= 15 is 0 Å². The van der Waals surface area contributed by atoms with E-state index in [1.165, 1.54) is 16.7 Å². The van der Waals surface area contributed by atoms with Gasteiger partial charge in [-0.2, -0.15) is 0 Å². The fourth-order valence-electron chi connectivity index (χ4n) is 3.24. The van der Waals surface area contributed by atoms with Crippen molar-refractivity contribution in [2.45, 2.75) is 66.0 Å². The lowest BCUT2D eigenvalue weighted by atomic mass is 10.1. The van der Waals surface area contributed by atoms with Crippen molar-refractivity contribution in [2.75, 3.05) is 6.61 Å². The maximum absolute atomic E-state index is 6.44. The molecular formula is C26H34Cl2N2O. The maximum atomic E-state index is 6.44. The zero-order chi connectivity index (χ0) is 22.6. The minimum atomic E-state index is -0.180. The lowest BCUT2D eigenvalue weighted by Crippen LogP contribution is -2.13. The second kappa shape index (κ2) is 13.6. The van der Waals surface area contributed by atoms with Crippen molar-refractivity contribution in [1.29, 1.82) is 0 Å². The van der Waals surface area contributed by atoms with Gasteiger partial charge in [0.25, 0.3) is 0 Å². The van der Waals surface area contributed by atoms with E-state index in [9.17, 15) is 0 Å². The number of allylic oxidation sites excluding steroid dienone is 5. The van der Waals surface area contributed by atoms with Crippen LogP contribution in [-0.2, 0) is 11.3 Å². The summed E-state index contributed by atoms with van der Waals surface area (Å²) in [5.74, 6) is 0. The first-order chi connectivity index (χ1) is 14.8. The third-order valence-corrected chi connectivity index (χ3v) is 5.66. The Morgan fingerprint density at radius 1 is 1.03 bits per heavy atom. The number of rotatable bonds is 12. The van der Waals surface area contributed by atoms with E-state index < -0.39 is 0 Å². The summed E-state index contributed by atoms with van der Waals surface area (Å²) in [4.78, 5) is 4.12. The lowest BCUT2D eigenvalue weighted by molar-refractivity contribution is 0.0603. The number of ether oxygens (including phenoxy) is 1. The van der Waals surface area contributed by atoms with Gasteiger partial charge in [-0.25, -0.2) is 4.98 Å². The third kappa shape index (κ3) is 9.90. The number of hydrogen-bond acceptors (Lipinski definition) is 2. The van der Waals surface area contributed by atoms with E-state index in [4.69, 9.17) is 27.9 Å². The molecule has 0 aliphatic heterocycles. The lowest BCUT2D eigenvalue weighted by Gasteiger charge is -2.20. The van der Waals surface area contributed by atoms with E-state index in [1.807, 2.05) is 22.9 Å². The Morgan fingerprint density at radius 2 is 1.74 bits per heavy atom. The summed E-state index contributed by atoms with van der Waals surface area (Å²) in [5.41, 5.74) is 5.11. The van der Waals surface area contributed by atoms with Crippen LogP contribution in [0.1, 0.15) is 65.0 Å². The van der Waals surface area contributed by atoms with Crippen molar-refractivity contribution in [3.63, 3.8) is 0 Å². The van der Waals surface area contributed by atoms with Gasteiger partial charge in [-0.15, -0.1) is 0 Å². The molecule has 0 aliphatic rings. The fraction of sp³-hybridized carbons (Fsp3) is 0.423. The van der Waals surface area contributed by atoms with Crippen LogP contribution in [0.4, 0.5) is 0 Å². The summed E-state index contributed by atoms with van der Waals surface area (Å²) in [6, 6.07) is 5.54. The molecule has 0 amide bonds. The summed E-state index contributed by atoms with van der Waals surface area (Å²) in [7, 11) is 0. The summed E-state index contributed by atoms with van der Waals surface area (Å²) in [5, 5.41) is 1.24. The highest BCUT2D eigenvalue weighted by molar-refractivity contribution is 6.35. The van der Waals surface area contributed by atoms with E-state index in [0.717, 1.165) is 31.2 Å². The average molecular weight is 461 g/mol. The first kappa shape index (κ1) is 25.5. The van der Waals surface area contributed by atoms with Gasteiger partial charge in [-0.3, -0.25) is 0 Å². The Bertz CT molecular complexity index is 894. The highest BCUT2D eigenvalue weighted by Gasteiger charge is 2.16. The number of halogens is 2. The topological polar surface area (TPSA) is 27.1 Å². The van der Waals surface area contributed by atoms with Gasteiger partial charge < -0.3 is 9.30 Å². The number of nitrogens with zero attached hydrogens (tertiary/aromatic N) is 2. The van der Waals surface area contributed by atoms with Crippen molar-refractivity contribution in [3.8, 4) is 0 Å². The van der Waals surface area contributed by atoms with Crippen LogP contribution < -0.4 is 0 Å². The second-order valence-electron chi connectivity index (χ2n) is 8.21. The molecule has 0 saturated heterocycles. The molecule has 1 aromatic carbocycles. The molecule has 0 bridgehead atoms. The van der Waals surface area contributed by atoms with Gasteiger partial charge in [-0.1, -0.05) is 64.2 Å². The van der Waals surface area contributed by atoms with Crippen molar-refractivity contribution in [2.24, 2.45) is 0 Å². The molecule has 0 spiro atoms. The average Bonchev–Trinajstić information content (AvgIpc) is 3.20. The van der Waals surface area contributed by atoms with Gasteiger partial charge in [0.05, 0.1) is 19.5 Å². The minimum absolute atomic E-state index is 0.180. The highest BCUT2D eigenvalue weighted by atomic mass is 35.5. The van der Waals surface area contributed by atoms with Crippen LogP contribution in [0.3, 0.4) is 0 Å². The zero-order valence-electron chi connectivity index (χ0n) is 19.1. The summed E-state index contributed by atoms with van der Waals surface area (Å²) >= 11 is 12.5. The molecule has 31 heavy (non-hydrogen) atoms. The third-order valence-electron chi connectivity index (χ3n) is 5.10. The molecule has 1 unspecified atom stereocenters. The van der Waals surface area contributed by atoms with Gasteiger partial charge >= 0.3 is 0 Å². The Balaban J connectivity index is 1.90. The minimum Gasteiger partial charge on any atom is -0.368 e. The number of benzene rings is 1. The van der Waals surface area contributed by atoms with E-state index in [2.05, 4.69) is 50.9 Å². The zero-order valence-corrected chi connectivity index (χ0v) is 20.6. The largest absolute Gasteiger partial charge is 0.368 e. The molecule has 0 radical (unpaired) electrons. The summed E-state index contributed by atoms with van der Waals surface area (Å²) < 4.78 is 8.22. The Hall–Kier alpha value is -1.81. The molecule has 1 atom stereocenters. The number of aromatic nitrogens is 2. The Morgan fingerprint density at radius 3 is 2.39 bits per heavy atom. The summed E-state index contributed by atoms with van der Waals surface area (Å²) in [6.45, 7) is 9.86. The van der Waals surface area contributed by atoms with Crippen LogP contribution in [-0.4, -0.2) is 16.2 Å². The predicted octanol–water partition coefficient (Wildman–Crippen LogP) is 8.37. The van der Waals surface area contributed by atoms with Crippen LogP contribution in [0.5, 0.6) is 0 Å². The van der Waals surface area contributed by atoms with Crippen LogP contribution in [0.25, 0.3) is 0 Å². The van der Waals surface area contributed by atoms with Crippen LogP contribution in [0, 0.1) is 0 Å². The Kier molecular flexibility index (Phi) is 11.1. The van der Waals surface area contributed by atoms with Crippen LogP contribution >= 0.6 is 23.2 Å². The van der Waals surface area contributed by atoms with Gasteiger partial charge in [0.15, 0.2) is 0 Å². The van der Waals surface area contributed by atoms with Gasteiger partial charge in [0, 0.05) is 28.0 Å². The van der Waals surface area contributed by atoms with Gasteiger partial charge in [-0.05, 0) is 65.5 Å². The Labute approximate surface area is 197 Å². The van der Waals surface area contributed by atoms with E-state index in [1.54, 1.807) is 18.6 Å². The molecular weight excluding hydrogens is 427 g/mol. The van der Waals surface area contributed by atoms with Crippen molar-refractivity contribution in [1.82, 2.24) is 9.55 Å². The molecule has 0 N–H and O–H groups in total. The molecule has 0 aliphatic carbocycles. The van der Waals surface area contributed by atoms with E-state index in [0.29, 0.717) is 23.2 Å². The fourth-order valence-corrected chi connectivity index (χ4v) is 3.77. The summed E-state index contributed by atoms with van der Waals surface area (Å²) in [6.07, 6.45) is 16.5. The molecule has 1 aromatic heterocycles. The molecule has 2 aromatic rings. The van der Waals surface area contributed by atoms with Crippen molar-refractivity contribution in [3.05, 3.63) is 87.5 Å². The normalized spacial score (nSPS) is 13.4. The molecule has 2 rings (SSSR count). The van der Waals surface area contributed by atoms with E-state index in [-0.39, 0.29) is 6.10 Å². The standard InChI is InChI=1S/C26H34Cl2N2O/c1-20(2)7-5-8-21(3)9-6-10-22(4)13-16-31-26(18-30-15-14-29-19-30)24-12-11-23(27)17-25(24)28/h7,9,11-15,17,19,26H,5-6,8,10,16,18H2,1-4H3/b21-9+,22-13+. The number of imidazole rings is 1. The molecule has 0 saturated carbocycles. The quantitative estimate of drug-likeness (QED) is 0.297. The van der Waals surface area contributed by atoms with Crippen molar-refractivity contribution < 1.29 is 4.74 Å². The maximum Gasteiger partial charge on any atom is 0.102 e.